The van der Waals surface area contributed by atoms with Crippen molar-refractivity contribution in [1.29, 1.82) is 0 Å². The zero-order valence-electron chi connectivity index (χ0n) is 27.6. The van der Waals surface area contributed by atoms with Crippen molar-refractivity contribution < 1.29 is 29.0 Å². The number of ether oxygens (including phenoxy) is 2. The largest absolute Gasteiger partial charge is 0.494 e. The van der Waals surface area contributed by atoms with Gasteiger partial charge in [0, 0.05) is 24.5 Å². The van der Waals surface area contributed by atoms with Gasteiger partial charge in [-0.25, -0.2) is 0 Å². The Labute approximate surface area is 271 Å². The summed E-state index contributed by atoms with van der Waals surface area (Å²) in [6.45, 7) is 12.5. The number of fused-ring (bicyclic) bond motifs is 2. The number of aliphatic hydroxyl groups is 1. The number of rotatable bonds is 8. The summed E-state index contributed by atoms with van der Waals surface area (Å²) >= 11 is 0. The summed E-state index contributed by atoms with van der Waals surface area (Å²) < 4.78 is 12.8. The molecule has 0 bridgehead atoms. The molecular formula is C37H45N3O6. The SMILES string of the molecule is CCOc1ccc(N2CC=C[C@@]3(CC)O[C@]45C=CCN(c6cc(C)ccc6C)C(=O)C4N([C@@H](CO)C(C)C)C(=O)[C@@H]5[C@H]3C2=O)cc1. The molecule has 4 aliphatic rings. The van der Waals surface area contributed by atoms with Gasteiger partial charge in [0.25, 0.3) is 5.91 Å². The van der Waals surface area contributed by atoms with E-state index in [0.29, 0.717) is 31.0 Å². The maximum atomic E-state index is 15.0. The molecule has 4 aliphatic heterocycles. The second-order valence-electron chi connectivity index (χ2n) is 13.3. The Morgan fingerprint density at radius 1 is 0.913 bits per heavy atom. The van der Waals surface area contributed by atoms with Crippen LogP contribution in [0.15, 0.2) is 66.8 Å². The van der Waals surface area contributed by atoms with Crippen LogP contribution in [-0.2, 0) is 19.1 Å². The number of nitrogens with zero attached hydrogens (tertiary/aromatic N) is 3. The first kappa shape index (κ1) is 32.0. The Hall–Kier alpha value is -3.95. The van der Waals surface area contributed by atoms with Crippen molar-refractivity contribution in [3.8, 4) is 5.75 Å². The quantitative estimate of drug-likeness (QED) is 0.430. The van der Waals surface area contributed by atoms with E-state index in [9.17, 15) is 19.5 Å². The third kappa shape index (κ3) is 4.78. The fourth-order valence-electron chi connectivity index (χ4n) is 8.02. The maximum Gasteiger partial charge on any atom is 0.253 e. The summed E-state index contributed by atoms with van der Waals surface area (Å²) in [4.78, 5) is 49.6. The van der Waals surface area contributed by atoms with Gasteiger partial charge in [-0.1, -0.05) is 57.2 Å². The highest BCUT2D eigenvalue weighted by molar-refractivity contribution is 6.08. The lowest BCUT2D eigenvalue weighted by Gasteiger charge is -2.42. The molecule has 1 spiro atoms. The van der Waals surface area contributed by atoms with Crippen molar-refractivity contribution in [2.75, 3.05) is 36.1 Å². The van der Waals surface area contributed by atoms with E-state index in [1.54, 1.807) is 14.7 Å². The summed E-state index contributed by atoms with van der Waals surface area (Å²) in [5, 5.41) is 10.6. The molecule has 9 nitrogen and oxygen atoms in total. The van der Waals surface area contributed by atoms with E-state index < -0.39 is 35.1 Å². The first-order valence-corrected chi connectivity index (χ1v) is 16.4. The van der Waals surface area contributed by atoms with Crippen molar-refractivity contribution in [1.82, 2.24) is 4.90 Å². The molecule has 0 aromatic heterocycles. The smallest absolute Gasteiger partial charge is 0.253 e. The summed E-state index contributed by atoms with van der Waals surface area (Å²) in [5.74, 6) is -2.15. The molecule has 0 aliphatic carbocycles. The standard InChI is InChI=1S/C37H45N3O6/c1-7-36-17-9-19-38(26-13-15-27(16-14-26)45-8-2)33(42)30(36)31-34(43)40(29(22-41)23(3)4)32-35(44)39(20-10-18-37(31,32)46-36)28-21-24(5)11-12-25(28)6/h9-18,21,23,29-32,41H,7-8,19-20,22H2,1-6H3/t29-,30-,31-,32?,36+,37-/m0/s1. The fraction of sp³-hybridized carbons (Fsp3) is 0.486. The fourth-order valence-corrected chi connectivity index (χ4v) is 8.02. The van der Waals surface area contributed by atoms with E-state index >= 15 is 0 Å². The Bertz CT molecular complexity index is 1580. The Morgan fingerprint density at radius 2 is 1.61 bits per heavy atom. The van der Waals surface area contributed by atoms with Crippen molar-refractivity contribution in [2.45, 2.75) is 71.2 Å². The van der Waals surface area contributed by atoms with Gasteiger partial charge in [-0.2, -0.15) is 0 Å². The van der Waals surface area contributed by atoms with Gasteiger partial charge in [-0.15, -0.1) is 0 Å². The van der Waals surface area contributed by atoms with Crippen molar-refractivity contribution >= 4 is 29.1 Å². The second kappa shape index (κ2) is 12.0. The van der Waals surface area contributed by atoms with Crippen LogP contribution < -0.4 is 14.5 Å². The van der Waals surface area contributed by atoms with Crippen LogP contribution in [0.1, 0.15) is 45.2 Å². The molecule has 3 amide bonds. The first-order valence-electron chi connectivity index (χ1n) is 16.4. The minimum Gasteiger partial charge on any atom is -0.494 e. The minimum absolute atomic E-state index is 0.153. The molecule has 0 radical (unpaired) electrons. The van der Waals surface area contributed by atoms with Crippen LogP contribution >= 0.6 is 0 Å². The number of aliphatic hydroxyl groups excluding tert-OH is 1. The van der Waals surface area contributed by atoms with Crippen molar-refractivity contribution in [3.63, 3.8) is 0 Å². The molecule has 4 heterocycles. The van der Waals surface area contributed by atoms with Crippen LogP contribution in [-0.4, -0.2) is 77.3 Å². The zero-order chi connectivity index (χ0) is 33.0. The summed E-state index contributed by atoms with van der Waals surface area (Å²) in [7, 11) is 0. The summed E-state index contributed by atoms with van der Waals surface area (Å²) in [5.41, 5.74) is 0.888. The van der Waals surface area contributed by atoms with Crippen LogP contribution in [0.2, 0.25) is 0 Å². The molecule has 244 valence electrons. The summed E-state index contributed by atoms with van der Waals surface area (Å²) in [6.07, 6.45) is 8.07. The highest BCUT2D eigenvalue weighted by Gasteiger charge is 2.76. The molecule has 1 unspecified atom stereocenters. The first-order chi connectivity index (χ1) is 22.0. The highest BCUT2D eigenvalue weighted by atomic mass is 16.5. The van der Waals surface area contributed by atoms with E-state index in [1.807, 2.05) is 108 Å². The Balaban J connectivity index is 1.50. The number of anilines is 2. The van der Waals surface area contributed by atoms with E-state index in [2.05, 4.69) is 0 Å². The molecule has 46 heavy (non-hydrogen) atoms. The van der Waals surface area contributed by atoms with Crippen molar-refractivity contribution in [2.24, 2.45) is 17.8 Å². The van der Waals surface area contributed by atoms with Gasteiger partial charge in [0.2, 0.25) is 11.8 Å². The topological polar surface area (TPSA) is 99.6 Å². The minimum atomic E-state index is -1.41. The van der Waals surface area contributed by atoms with Crippen LogP contribution in [0, 0.1) is 31.6 Å². The average molecular weight is 628 g/mol. The van der Waals surface area contributed by atoms with Gasteiger partial charge in [0.1, 0.15) is 17.4 Å². The third-order valence-corrected chi connectivity index (χ3v) is 10.3. The monoisotopic (exact) mass is 627 g/mol. The zero-order valence-corrected chi connectivity index (χ0v) is 27.6. The number of hydrogen-bond donors (Lipinski definition) is 1. The number of benzene rings is 2. The third-order valence-electron chi connectivity index (χ3n) is 10.3. The normalized spacial score (nSPS) is 29.5. The van der Waals surface area contributed by atoms with Gasteiger partial charge in [-0.3, -0.25) is 14.4 Å². The highest BCUT2D eigenvalue weighted by Crippen LogP contribution is 2.59. The predicted molar refractivity (Wildman–Crippen MR) is 177 cm³/mol. The van der Waals surface area contributed by atoms with Gasteiger partial charge >= 0.3 is 0 Å². The number of amides is 3. The lowest BCUT2D eigenvalue weighted by molar-refractivity contribution is -0.150. The number of hydrogen-bond acceptors (Lipinski definition) is 6. The number of carbonyl (C=O) groups is 3. The number of carbonyl (C=O) groups excluding carboxylic acids is 3. The van der Waals surface area contributed by atoms with Gasteiger partial charge in [0.05, 0.1) is 36.7 Å². The van der Waals surface area contributed by atoms with E-state index in [-0.39, 0.29) is 36.8 Å². The predicted octanol–water partition coefficient (Wildman–Crippen LogP) is 4.59. The van der Waals surface area contributed by atoms with Gasteiger partial charge < -0.3 is 29.3 Å². The molecule has 9 heteroatoms. The Kier molecular flexibility index (Phi) is 8.36. The molecule has 6 atom stereocenters. The number of likely N-dealkylation sites (tertiary alicyclic amines) is 1. The molecule has 6 rings (SSSR count). The molecule has 2 aromatic rings. The summed E-state index contributed by atoms with van der Waals surface area (Å²) in [6, 6.07) is 11.6. The van der Waals surface area contributed by atoms with Crippen LogP contribution in [0.4, 0.5) is 11.4 Å². The lowest BCUT2D eigenvalue weighted by Crippen LogP contribution is -2.60. The molecule has 1 N–H and O–H groups in total. The van der Waals surface area contributed by atoms with E-state index in [0.717, 1.165) is 16.8 Å². The average Bonchev–Trinajstić information content (AvgIpc) is 3.32. The van der Waals surface area contributed by atoms with Crippen LogP contribution in [0.5, 0.6) is 5.75 Å². The van der Waals surface area contributed by atoms with Crippen molar-refractivity contribution in [3.05, 3.63) is 77.9 Å². The van der Waals surface area contributed by atoms with Gasteiger partial charge in [-0.05, 0) is 74.6 Å². The molecule has 2 fully saturated rings. The molecule has 0 saturated carbocycles. The lowest BCUT2D eigenvalue weighted by atomic mass is 9.73. The molecular weight excluding hydrogens is 582 g/mol. The van der Waals surface area contributed by atoms with Crippen LogP contribution in [0.25, 0.3) is 0 Å². The molecule has 2 saturated heterocycles. The van der Waals surface area contributed by atoms with Gasteiger partial charge in [0.15, 0.2) is 0 Å². The number of aryl methyl sites for hydroxylation is 2. The Morgan fingerprint density at radius 3 is 2.26 bits per heavy atom. The second-order valence-corrected chi connectivity index (χ2v) is 13.3. The maximum absolute atomic E-state index is 15.0. The van der Waals surface area contributed by atoms with Crippen LogP contribution in [0.3, 0.4) is 0 Å². The van der Waals surface area contributed by atoms with E-state index in [4.69, 9.17) is 9.47 Å². The molecule has 2 aromatic carbocycles. The van der Waals surface area contributed by atoms with E-state index in [1.165, 1.54) is 0 Å².